The third-order valence-corrected chi connectivity index (χ3v) is 5.28. The molecule has 0 atom stereocenters. The molecule has 0 aliphatic rings. The van der Waals surface area contributed by atoms with E-state index in [0.29, 0.717) is 40.0 Å². The molecule has 1 heterocycles. The highest BCUT2D eigenvalue weighted by Crippen LogP contribution is 2.25. The summed E-state index contributed by atoms with van der Waals surface area (Å²) in [5.41, 5.74) is 10.1. The summed E-state index contributed by atoms with van der Waals surface area (Å²) in [6.07, 6.45) is 0. The van der Waals surface area contributed by atoms with Crippen molar-refractivity contribution in [3.05, 3.63) is 105 Å². The zero-order chi connectivity index (χ0) is 22.8. The van der Waals surface area contributed by atoms with Gasteiger partial charge in [0.25, 0.3) is 5.91 Å². The zero-order valence-corrected chi connectivity index (χ0v) is 17.8. The summed E-state index contributed by atoms with van der Waals surface area (Å²) in [7, 11) is 0. The highest BCUT2D eigenvalue weighted by molar-refractivity contribution is 5.95. The lowest BCUT2D eigenvalue weighted by Gasteiger charge is -2.08. The van der Waals surface area contributed by atoms with Crippen molar-refractivity contribution in [3.63, 3.8) is 0 Å². The Morgan fingerprint density at radius 3 is 2.22 bits per heavy atom. The van der Waals surface area contributed by atoms with Crippen molar-refractivity contribution in [2.24, 2.45) is 5.73 Å². The molecule has 0 saturated carbocycles. The number of primary amides is 1. The molecule has 0 unspecified atom stereocenters. The Labute approximate surface area is 184 Å². The quantitative estimate of drug-likeness (QED) is 0.501. The summed E-state index contributed by atoms with van der Waals surface area (Å²) in [5.74, 6) is -0.272. The van der Waals surface area contributed by atoms with E-state index < -0.39 is 5.91 Å². The summed E-state index contributed by atoms with van der Waals surface area (Å²) in [5, 5.41) is 3.40. The van der Waals surface area contributed by atoms with E-state index >= 15 is 0 Å². The van der Waals surface area contributed by atoms with Gasteiger partial charge in [0.05, 0.1) is 5.39 Å². The van der Waals surface area contributed by atoms with Gasteiger partial charge in [-0.3, -0.25) is 14.4 Å². The fourth-order valence-corrected chi connectivity index (χ4v) is 3.61. The molecule has 0 aliphatic carbocycles. The van der Waals surface area contributed by atoms with E-state index in [9.17, 15) is 14.4 Å². The Kier molecular flexibility index (Phi) is 5.60. The SMILES string of the molecule is Cc1cc(C)c2oc(-c3ccc(C(=O)NCc4ccc(C(N)=O)cc4)cc3)cc(=O)c2c1. The first-order valence-electron chi connectivity index (χ1n) is 10.1. The number of hydrogen-bond acceptors (Lipinski definition) is 4. The molecule has 0 spiro atoms. The molecule has 0 saturated heterocycles. The molecule has 3 aromatic carbocycles. The van der Waals surface area contributed by atoms with Crippen molar-refractivity contribution in [1.82, 2.24) is 5.32 Å². The predicted octanol–water partition coefficient (Wildman–Crippen LogP) is 4.11. The van der Waals surface area contributed by atoms with Gasteiger partial charge in [-0.25, -0.2) is 0 Å². The van der Waals surface area contributed by atoms with Crippen LogP contribution in [0.4, 0.5) is 0 Å². The van der Waals surface area contributed by atoms with E-state index in [0.717, 1.165) is 16.7 Å². The summed E-state index contributed by atoms with van der Waals surface area (Å²) in [4.78, 5) is 36.2. The normalized spacial score (nSPS) is 10.8. The molecule has 6 heteroatoms. The molecule has 3 N–H and O–H groups in total. The lowest BCUT2D eigenvalue weighted by molar-refractivity contribution is 0.0949. The maximum atomic E-state index is 12.6. The molecular formula is C26H22N2O4. The number of benzene rings is 3. The van der Waals surface area contributed by atoms with Crippen molar-refractivity contribution >= 4 is 22.8 Å². The van der Waals surface area contributed by atoms with Crippen LogP contribution in [0.15, 0.2) is 75.9 Å². The van der Waals surface area contributed by atoms with Gasteiger partial charge in [0.2, 0.25) is 5.91 Å². The van der Waals surface area contributed by atoms with E-state index in [4.69, 9.17) is 10.2 Å². The van der Waals surface area contributed by atoms with Gasteiger partial charge in [-0.1, -0.05) is 30.3 Å². The average Bonchev–Trinajstić information content (AvgIpc) is 2.78. The van der Waals surface area contributed by atoms with E-state index in [2.05, 4.69) is 5.32 Å². The first kappa shape index (κ1) is 21.1. The third-order valence-electron chi connectivity index (χ3n) is 5.28. The maximum Gasteiger partial charge on any atom is 0.251 e. The van der Waals surface area contributed by atoms with Crippen LogP contribution in [0.25, 0.3) is 22.3 Å². The number of nitrogens with two attached hydrogens (primary N) is 1. The van der Waals surface area contributed by atoms with Gasteiger partial charge in [0.1, 0.15) is 11.3 Å². The number of amides is 2. The van der Waals surface area contributed by atoms with Gasteiger partial charge in [-0.2, -0.15) is 0 Å². The molecule has 4 aromatic rings. The lowest BCUT2D eigenvalue weighted by atomic mass is 10.1. The van der Waals surface area contributed by atoms with Crippen molar-refractivity contribution in [3.8, 4) is 11.3 Å². The van der Waals surface area contributed by atoms with Crippen molar-refractivity contribution in [1.29, 1.82) is 0 Å². The fourth-order valence-electron chi connectivity index (χ4n) is 3.61. The molecule has 160 valence electrons. The molecule has 1 aromatic heterocycles. The predicted molar refractivity (Wildman–Crippen MR) is 124 cm³/mol. The number of carbonyl (C=O) groups is 2. The number of carbonyl (C=O) groups excluding carboxylic acids is 2. The Balaban J connectivity index is 1.51. The van der Waals surface area contributed by atoms with Gasteiger partial charge in [0, 0.05) is 29.3 Å². The number of hydrogen-bond donors (Lipinski definition) is 2. The van der Waals surface area contributed by atoms with Crippen LogP contribution in [-0.4, -0.2) is 11.8 Å². The summed E-state index contributed by atoms with van der Waals surface area (Å²) in [6, 6.07) is 18.9. The minimum atomic E-state index is -0.492. The Bertz CT molecular complexity index is 1380. The van der Waals surface area contributed by atoms with Crippen LogP contribution in [0.3, 0.4) is 0 Å². The molecule has 2 amide bonds. The molecule has 32 heavy (non-hydrogen) atoms. The molecule has 0 bridgehead atoms. The van der Waals surface area contributed by atoms with Crippen molar-refractivity contribution in [2.75, 3.05) is 0 Å². The number of nitrogens with one attached hydrogen (secondary N) is 1. The van der Waals surface area contributed by atoms with E-state index in [1.54, 1.807) is 48.5 Å². The van der Waals surface area contributed by atoms with Gasteiger partial charge < -0.3 is 15.5 Å². The highest BCUT2D eigenvalue weighted by Gasteiger charge is 2.11. The fraction of sp³-hybridized carbons (Fsp3) is 0.115. The van der Waals surface area contributed by atoms with Gasteiger partial charge >= 0.3 is 0 Å². The average molecular weight is 426 g/mol. The van der Waals surface area contributed by atoms with Crippen LogP contribution in [-0.2, 0) is 6.54 Å². The molecular weight excluding hydrogens is 404 g/mol. The van der Waals surface area contributed by atoms with Crippen LogP contribution >= 0.6 is 0 Å². The van der Waals surface area contributed by atoms with Crippen LogP contribution in [0.1, 0.15) is 37.4 Å². The van der Waals surface area contributed by atoms with E-state index in [-0.39, 0.29) is 11.3 Å². The number of fused-ring (bicyclic) bond motifs is 1. The Hall–Kier alpha value is -4.19. The summed E-state index contributed by atoms with van der Waals surface area (Å²) < 4.78 is 6.01. The molecule has 0 fully saturated rings. The Morgan fingerprint density at radius 2 is 1.56 bits per heavy atom. The van der Waals surface area contributed by atoms with Crippen LogP contribution in [0.2, 0.25) is 0 Å². The second-order valence-corrected chi connectivity index (χ2v) is 7.75. The number of aryl methyl sites for hydroxylation is 2. The number of rotatable bonds is 5. The first-order chi connectivity index (χ1) is 15.3. The molecule has 0 aliphatic heterocycles. The van der Waals surface area contributed by atoms with E-state index in [1.165, 1.54) is 6.07 Å². The van der Waals surface area contributed by atoms with Gasteiger partial charge in [-0.15, -0.1) is 0 Å². The van der Waals surface area contributed by atoms with Crippen LogP contribution in [0, 0.1) is 13.8 Å². The first-order valence-corrected chi connectivity index (χ1v) is 10.1. The van der Waals surface area contributed by atoms with Crippen LogP contribution < -0.4 is 16.5 Å². The second kappa shape index (κ2) is 8.51. The topological polar surface area (TPSA) is 102 Å². The largest absolute Gasteiger partial charge is 0.456 e. The van der Waals surface area contributed by atoms with Crippen molar-refractivity contribution < 1.29 is 14.0 Å². The van der Waals surface area contributed by atoms with E-state index in [1.807, 2.05) is 26.0 Å². The lowest BCUT2D eigenvalue weighted by Crippen LogP contribution is -2.22. The maximum absolute atomic E-state index is 12.6. The Morgan fingerprint density at radius 1 is 0.906 bits per heavy atom. The van der Waals surface area contributed by atoms with Gasteiger partial charge in [-0.05, 0) is 60.9 Å². The highest BCUT2D eigenvalue weighted by atomic mass is 16.3. The third kappa shape index (κ3) is 4.30. The minimum Gasteiger partial charge on any atom is -0.456 e. The minimum absolute atomic E-state index is 0.0998. The smallest absolute Gasteiger partial charge is 0.251 e. The summed E-state index contributed by atoms with van der Waals surface area (Å²) in [6.45, 7) is 4.18. The van der Waals surface area contributed by atoms with Gasteiger partial charge in [0.15, 0.2) is 5.43 Å². The molecule has 6 nitrogen and oxygen atoms in total. The van der Waals surface area contributed by atoms with Crippen LogP contribution in [0.5, 0.6) is 0 Å². The standard InChI is InChI=1S/C26H22N2O4/c1-15-11-16(2)24-21(12-15)22(29)13-23(32-24)18-7-9-20(10-8-18)26(31)28-14-17-3-5-19(6-4-17)25(27)30/h3-13H,14H2,1-2H3,(H2,27,30)(H,28,31). The molecule has 0 radical (unpaired) electrons. The van der Waals surface area contributed by atoms with Crippen molar-refractivity contribution in [2.45, 2.75) is 20.4 Å². The molecule has 4 rings (SSSR count). The summed E-state index contributed by atoms with van der Waals surface area (Å²) >= 11 is 0. The zero-order valence-electron chi connectivity index (χ0n) is 17.8. The second-order valence-electron chi connectivity index (χ2n) is 7.75. The monoisotopic (exact) mass is 426 g/mol.